The molecule has 0 spiro atoms. The number of rotatable bonds is 0. The van der Waals surface area contributed by atoms with Crippen LogP contribution in [0.15, 0.2) is 12.1 Å². The van der Waals surface area contributed by atoms with Crippen LogP contribution in [0.4, 0.5) is 0 Å². The Kier molecular flexibility index (Phi) is 2.36. The van der Waals surface area contributed by atoms with Gasteiger partial charge in [-0.15, -0.1) is 0 Å². The first kappa shape index (κ1) is 12.4. The second kappa shape index (κ2) is 3.63. The third kappa shape index (κ3) is 1.61. The smallest absolute Gasteiger partial charge is 0.206 e. The summed E-state index contributed by atoms with van der Waals surface area (Å²) in [6.07, 6.45) is 5.72. The molecule has 1 nitrogen and oxygen atoms in total. The van der Waals surface area contributed by atoms with Gasteiger partial charge in [0.25, 0.3) is 0 Å². The van der Waals surface area contributed by atoms with Gasteiger partial charge in [-0.05, 0) is 85.2 Å². The van der Waals surface area contributed by atoms with Gasteiger partial charge in [0.1, 0.15) is 0 Å². The molecule has 2 bridgehead atoms. The molecular formula is C16H24OSi2. The average molecular weight is 289 g/mol. The van der Waals surface area contributed by atoms with E-state index < -0.39 is 16.6 Å². The summed E-state index contributed by atoms with van der Waals surface area (Å²) in [4.78, 5) is 0. The maximum Gasteiger partial charge on any atom is 0.206 e. The highest BCUT2D eigenvalue weighted by atomic mass is 28.4. The van der Waals surface area contributed by atoms with Gasteiger partial charge >= 0.3 is 0 Å². The molecule has 0 radical (unpaired) electrons. The van der Waals surface area contributed by atoms with E-state index >= 15 is 0 Å². The second-order valence-electron chi connectivity index (χ2n) is 7.70. The van der Waals surface area contributed by atoms with Crippen LogP contribution in [0.5, 0.6) is 0 Å². The molecule has 1 aliphatic heterocycles. The monoisotopic (exact) mass is 288 g/mol. The third-order valence-corrected chi connectivity index (χ3v) is 13.4. The molecule has 1 saturated carbocycles. The molecule has 0 N–H and O–H groups in total. The van der Waals surface area contributed by atoms with Crippen molar-refractivity contribution in [2.45, 2.75) is 63.7 Å². The number of hydrogen-bond donors (Lipinski definition) is 0. The van der Waals surface area contributed by atoms with Gasteiger partial charge in [0, 0.05) is 0 Å². The van der Waals surface area contributed by atoms with Crippen LogP contribution in [-0.4, -0.2) is 16.6 Å². The lowest BCUT2D eigenvalue weighted by atomic mass is 9.67. The van der Waals surface area contributed by atoms with Crippen molar-refractivity contribution < 1.29 is 4.12 Å². The molecule has 1 aromatic rings. The zero-order chi connectivity index (χ0) is 13.4. The Balaban J connectivity index is 1.96. The summed E-state index contributed by atoms with van der Waals surface area (Å²) in [5.74, 6) is 1.72. The molecule has 19 heavy (non-hydrogen) atoms. The zero-order valence-electron chi connectivity index (χ0n) is 12.5. The first-order chi connectivity index (χ1) is 8.88. The van der Waals surface area contributed by atoms with Crippen molar-refractivity contribution >= 4 is 27.0 Å². The van der Waals surface area contributed by atoms with E-state index in [1.54, 1.807) is 21.5 Å². The minimum atomic E-state index is -1.62. The normalized spacial score (nSPS) is 33.1. The molecule has 3 heteroatoms. The van der Waals surface area contributed by atoms with Gasteiger partial charge in [-0.25, -0.2) is 0 Å². The Labute approximate surface area is 118 Å². The number of benzene rings is 1. The fourth-order valence-corrected chi connectivity index (χ4v) is 15.0. The van der Waals surface area contributed by atoms with Crippen molar-refractivity contribution in [3.05, 3.63) is 23.3 Å². The zero-order valence-corrected chi connectivity index (χ0v) is 14.5. The van der Waals surface area contributed by atoms with Crippen LogP contribution < -0.4 is 10.4 Å². The summed E-state index contributed by atoms with van der Waals surface area (Å²) >= 11 is 0. The van der Waals surface area contributed by atoms with Gasteiger partial charge in [0.2, 0.25) is 16.6 Å². The molecule has 0 saturated heterocycles. The molecule has 102 valence electrons. The Bertz CT molecular complexity index is 505. The maximum atomic E-state index is 6.59. The molecule has 3 aliphatic carbocycles. The van der Waals surface area contributed by atoms with E-state index in [0.29, 0.717) is 0 Å². The topological polar surface area (TPSA) is 9.23 Å². The van der Waals surface area contributed by atoms with Gasteiger partial charge in [-0.1, -0.05) is 12.1 Å². The van der Waals surface area contributed by atoms with Crippen LogP contribution in [0.2, 0.25) is 26.2 Å². The first-order valence-corrected chi connectivity index (χ1v) is 13.6. The molecule has 0 aromatic heterocycles. The Morgan fingerprint density at radius 1 is 0.789 bits per heavy atom. The predicted octanol–water partition coefficient (Wildman–Crippen LogP) is 3.30. The lowest BCUT2D eigenvalue weighted by molar-refractivity contribution is 0.359. The summed E-state index contributed by atoms with van der Waals surface area (Å²) in [7, 11) is -3.24. The van der Waals surface area contributed by atoms with Crippen molar-refractivity contribution in [1.29, 1.82) is 0 Å². The summed E-state index contributed by atoms with van der Waals surface area (Å²) in [6, 6.07) is 5.18. The molecule has 4 aliphatic rings. The third-order valence-electron chi connectivity index (χ3n) is 5.64. The Morgan fingerprint density at radius 3 is 1.53 bits per heavy atom. The van der Waals surface area contributed by atoms with Crippen LogP contribution in [-0.2, 0) is 4.12 Å². The molecule has 1 fully saturated rings. The number of fused-ring (bicyclic) bond motifs is 3. The lowest BCUT2D eigenvalue weighted by Gasteiger charge is -2.39. The fraction of sp³-hybridized carbons (Fsp3) is 0.625. The van der Waals surface area contributed by atoms with E-state index in [9.17, 15) is 0 Å². The molecule has 1 aromatic carbocycles. The Hall–Kier alpha value is -0.386. The van der Waals surface area contributed by atoms with E-state index in [0.717, 1.165) is 11.8 Å². The molecule has 0 amide bonds. The fourth-order valence-electron chi connectivity index (χ4n) is 4.80. The summed E-state index contributed by atoms with van der Waals surface area (Å²) in [6.45, 7) is 9.56. The highest BCUT2D eigenvalue weighted by molar-refractivity contribution is 7.05. The molecule has 5 rings (SSSR count). The van der Waals surface area contributed by atoms with Gasteiger partial charge in [0.05, 0.1) is 0 Å². The standard InChI is InChI=1S/C16H24OSi2/c1-18(2)15-9-13-11-5-7-12(8-6-11)14(13)10-16(15)19(3,4)17-18/h9-12H,5-8H2,1-4H3. The molecular weight excluding hydrogens is 264 g/mol. The van der Waals surface area contributed by atoms with Crippen molar-refractivity contribution in [3.63, 3.8) is 0 Å². The molecule has 0 atom stereocenters. The van der Waals surface area contributed by atoms with Gasteiger partial charge in [0.15, 0.2) is 0 Å². The van der Waals surface area contributed by atoms with Crippen molar-refractivity contribution in [1.82, 2.24) is 0 Å². The molecule has 1 heterocycles. The number of hydrogen-bond acceptors (Lipinski definition) is 1. The maximum absolute atomic E-state index is 6.59. The second-order valence-corrected chi connectivity index (χ2v) is 15.6. The van der Waals surface area contributed by atoms with E-state index in [1.807, 2.05) is 0 Å². The van der Waals surface area contributed by atoms with Crippen LogP contribution in [0, 0.1) is 0 Å². The molecule has 0 unspecified atom stereocenters. The van der Waals surface area contributed by atoms with E-state index in [-0.39, 0.29) is 0 Å². The van der Waals surface area contributed by atoms with Crippen LogP contribution in [0.1, 0.15) is 48.6 Å². The summed E-state index contributed by atoms with van der Waals surface area (Å²) < 4.78 is 6.59. The van der Waals surface area contributed by atoms with E-state index in [2.05, 4.69) is 38.3 Å². The van der Waals surface area contributed by atoms with E-state index in [4.69, 9.17) is 4.12 Å². The minimum Gasteiger partial charge on any atom is -0.449 e. The van der Waals surface area contributed by atoms with Gasteiger partial charge in [-0.2, -0.15) is 0 Å². The lowest BCUT2D eigenvalue weighted by Crippen LogP contribution is -2.45. The van der Waals surface area contributed by atoms with Gasteiger partial charge < -0.3 is 4.12 Å². The van der Waals surface area contributed by atoms with Crippen molar-refractivity contribution in [2.75, 3.05) is 0 Å². The van der Waals surface area contributed by atoms with Crippen LogP contribution in [0.25, 0.3) is 0 Å². The largest absolute Gasteiger partial charge is 0.449 e. The summed E-state index contributed by atoms with van der Waals surface area (Å²) in [5, 5.41) is 3.27. The Morgan fingerprint density at radius 2 is 1.16 bits per heavy atom. The van der Waals surface area contributed by atoms with Crippen molar-refractivity contribution in [3.8, 4) is 0 Å². The van der Waals surface area contributed by atoms with E-state index in [1.165, 1.54) is 25.7 Å². The predicted molar refractivity (Wildman–Crippen MR) is 85.7 cm³/mol. The first-order valence-electron chi connectivity index (χ1n) is 7.77. The highest BCUT2D eigenvalue weighted by Gasteiger charge is 2.48. The SMILES string of the molecule is C[Si]1(C)O[Si](C)(C)c2cc3c(cc21)C1CCC3CC1. The van der Waals surface area contributed by atoms with Crippen LogP contribution >= 0.6 is 0 Å². The average Bonchev–Trinajstić information content (AvgIpc) is 2.55. The minimum absolute atomic E-state index is 0.862. The van der Waals surface area contributed by atoms with Gasteiger partial charge in [-0.3, -0.25) is 0 Å². The summed E-state index contributed by atoms with van der Waals surface area (Å²) in [5.41, 5.74) is 3.41. The quantitative estimate of drug-likeness (QED) is 0.666. The van der Waals surface area contributed by atoms with Crippen molar-refractivity contribution in [2.24, 2.45) is 0 Å². The highest BCUT2D eigenvalue weighted by Crippen LogP contribution is 2.49. The van der Waals surface area contributed by atoms with Crippen LogP contribution in [0.3, 0.4) is 0 Å².